The summed E-state index contributed by atoms with van der Waals surface area (Å²) < 4.78 is 32.9. The number of hydrogen-bond donors (Lipinski definition) is 2. The Kier molecular flexibility index (Phi) is 6.56. The van der Waals surface area contributed by atoms with Crippen LogP contribution in [0.3, 0.4) is 0 Å². The second-order valence-corrected chi connectivity index (χ2v) is 10.5. The van der Waals surface area contributed by atoms with E-state index in [1.54, 1.807) is 12.1 Å². The monoisotopic (exact) mass is 495 g/mol. The number of amides is 1. The topological polar surface area (TPSA) is 87.7 Å². The van der Waals surface area contributed by atoms with Gasteiger partial charge >= 0.3 is 0 Å². The molecule has 2 N–H and O–H groups in total. The molecule has 162 valence electrons. The lowest BCUT2D eigenvalue weighted by Gasteiger charge is -2.26. The van der Waals surface area contributed by atoms with Gasteiger partial charge in [-0.2, -0.15) is 4.31 Å². The molecule has 0 unspecified atom stereocenters. The molecule has 11 heteroatoms. The maximum absolute atomic E-state index is 12.7. The Bertz CT molecular complexity index is 1240. The Labute approximate surface area is 194 Å². The normalized spacial score (nSPS) is 15.0. The minimum absolute atomic E-state index is 0.0855. The van der Waals surface area contributed by atoms with Crippen molar-refractivity contribution in [3.63, 3.8) is 0 Å². The van der Waals surface area contributed by atoms with Gasteiger partial charge in [-0.25, -0.2) is 8.42 Å². The number of ether oxygens (including phenoxy) is 1. The molecule has 1 aromatic heterocycles. The van der Waals surface area contributed by atoms with Crippen LogP contribution >= 0.6 is 35.2 Å². The van der Waals surface area contributed by atoms with Crippen LogP contribution in [0.15, 0.2) is 53.4 Å². The highest BCUT2D eigenvalue weighted by Gasteiger charge is 2.26. The summed E-state index contributed by atoms with van der Waals surface area (Å²) in [7, 11) is -3.57. The van der Waals surface area contributed by atoms with Crippen LogP contribution in [-0.2, 0) is 14.8 Å². The molecule has 1 amide bonds. The number of thiocarbonyl (C=S) groups is 1. The number of fused-ring (bicyclic) bond motifs is 1. The van der Waals surface area contributed by atoms with Crippen molar-refractivity contribution in [2.24, 2.45) is 0 Å². The Morgan fingerprint density at radius 1 is 1.10 bits per heavy atom. The molecule has 0 spiro atoms. The maximum Gasteiger partial charge on any atom is 0.269 e. The van der Waals surface area contributed by atoms with Crippen molar-refractivity contribution in [1.29, 1.82) is 0 Å². The lowest BCUT2D eigenvalue weighted by molar-refractivity contribution is 0.0730. The van der Waals surface area contributed by atoms with Gasteiger partial charge in [-0.05, 0) is 42.5 Å². The second kappa shape index (κ2) is 9.19. The summed E-state index contributed by atoms with van der Waals surface area (Å²) in [5, 5.41) is 6.78. The highest BCUT2D eigenvalue weighted by Crippen LogP contribution is 2.35. The molecule has 0 radical (unpaired) electrons. The molecule has 0 aliphatic carbocycles. The number of carbonyl (C=O) groups excluding carboxylic acids is 1. The number of carbonyl (C=O) groups is 1. The van der Waals surface area contributed by atoms with Crippen molar-refractivity contribution in [2.45, 2.75) is 4.90 Å². The number of nitrogens with zero attached hydrogens (tertiary/aromatic N) is 1. The minimum Gasteiger partial charge on any atom is -0.379 e. The molecular weight excluding hydrogens is 478 g/mol. The molecule has 0 atom stereocenters. The van der Waals surface area contributed by atoms with Crippen molar-refractivity contribution in [1.82, 2.24) is 9.62 Å². The Balaban J connectivity index is 1.41. The van der Waals surface area contributed by atoms with E-state index in [4.69, 9.17) is 28.6 Å². The van der Waals surface area contributed by atoms with Crippen molar-refractivity contribution >= 4 is 72.0 Å². The molecule has 1 aliphatic heterocycles. The van der Waals surface area contributed by atoms with E-state index < -0.39 is 15.9 Å². The fraction of sp³-hybridized carbons (Fsp3) is 0.200. The van der Waals surface area contributed by atoms with Crippen molar-refractivity contribution < 1.29 is 17.9 Å². The molecule has 2 aromatic carbocycles. The minimum atomic E-state index is -3.57. The molecular formula is C20H18ClN3O4S3. The average Bonchev–Trinajstić information content (AvgIpc) is 3.11. The van der Waals surface area contributed by atoms with E-state index >= 15 is 0 Å². The third-order valence-corrected chi connectivity index (χ3v) is 8.48. The highest BCUT2D eigenvalue weighted by atomic mass is 35.5. The van der Waals surface area contributed by atoms with E-state index in [2.05, 4.69) is 10.6 Å². The second-order valence-electron chi connectivity index (χ2n) is 6.69. The van der Waals surface area contributed by atoms with Crippen LogP contribution in [0.1, 0.15) is 9.67 Å². The first-order chi connectivity index (χ1) is 14.9. The van der Waals surface area contributed by atoms with Gasteiger partial charge in [0.25, 0.3) is 5.91 Å². The number of hydrogen-bond acceptors (Lipinski definition) is 6. The highest BCUT2D eigenvalue weighted by molar-refractivity contribution is 7.89. The van der Waals surface area contributed by atoms with Crippen LogP contribution < -0.4 is 10.6 Å². The molecule has 4 rings (SSSR count). The molecule has 3 aromatic rings. The fourth-order valence-corrected chi connectivity index (χ4v) is 6.16. The van der Waals surface area contributed by atoms with Crippen LogP contribution in [-0.4, -0.2) is 50.0 Å². The first-order valence-electron chi connectivity index (χ1n) is 9.33. The van der Waals surface area contributed by atoms with E-state index in [-0.39, 0.29) is 10.0 Å². The van der Waals surface area contributed by atoms with Crippen molar-refractivity contribution in [2.75, 3.05) is 31.6 Å². The molecule has 2 heterocycles. The Hall–Kier alpha value is -2.08. The zero-order valence-electron chi connectivity index (χ0n) is 16.1. The van der Waals surface area contributed by atoms with Gasteiger partial charge < -0.3 is 10.1 Å². The number of sulfonamides is 1. The zero-order chi connectivity index (χ0) is 22.0. The first kappa shape index (κ1) is 22.1. The van der Waals surface area contributed by atoms with E-state index in [1.165, 1.54) is 27.8 Å². The number of thiophene rings is 1. The summed E-state index contributed by atoms with van der Waals surface area (Å²) in [6, 6.07) is 13.7. The van der Waals surface area contributed by atoms with Gasteiger partial charge in [0, 0.05) is 28.9 Å². The van der Waals surface area contributed by atoms with Gasteiger partial charge in [-0.15, -0.1) is 11.3 Å². The third-order valence-electron chi connectivity index (χ3n) is 4.69. The number of benzene rings is 2. The number of halogens is 1. The number of rotatable bonds is 4. The average molecular weight is 496 g/mol. The molecule has 31 heavy (non-hydrogen) atoms. The van der Waals surface area contributed by atoms with E-state index in [0.29, 0.717) is 41.9 Å². The summed E-state index contributed by atoms with van der Waals surface area (Å²) in [6.45, 7) is 1.44. The van der Waals surface area contributed by atoms with Crippen LogP contribution in [0.2, 0.25) is 5.02 Å². The number of nitrogens with one attached hydrogen (secondary N) is 2. The van der Waals surface area contributed by atoms with Crippen molar-refractivity contribution in [3.8, 4) is 0 Å². The third kappa shape index (κ3) is 4.74. The largest absolute Gasteiger partial charge is 0.379 e. The zero-order valence-corrected chi connectivity index (χ0v) is 19.3. The fourth-order valence-electron chi connectivity index (χ4n) is 3.13. The molecule has 0 saturated carbocycles. The predicted octanol–water partition coefficient (Wildman–Crippen LogP) is 3.70. The maximum atomic E-state index is 12.7. The SMILES string of the molecule is O=C(NC(=S)Nc1ccc(S(=O)(=O)N2CCOCC2)cc1)c1sc2ccccc2c1Cl. The van der Waals surface area contributed by atoms with Crippen LogP contribution in [0.5, 0.6) is 0 Å². The Morgan fingerprint density at radius 3 is 2.45 bits per heavy atom. The molecule has 0 bridgehead atoms. The van der Waals surface area contributed by atoms with Gasteiger partial charge in [-0.1, -0.05) is 29.8 Å². The van der Waals surface area contributed by atoms with Gasteiger partial charge in [0.05, 0.1) is 23.1 Å². The summed E-state index contributed by atoms with van der Waals surface area (Å²) >= 11 is 12.8. The van der Waals surface area contributed by atoms with Gasteiger partial charge in [0.1, 0.15) is 4.88 Å². The summed E-state index contributed by atoms with van der Waals surface area (Å²) in [5.74, 6) is -0.407. The van der Waals surface area contributed by atoms with E-state index in [1.807, 2.05) is 24.3 Å². The first-order valence-corrected chi connectivity index (χ1v) is 12.4. The smallest absolute Gasteiger partial charge is 0.269 e. The quantitative estimate of drug-likeness (QED) is 0.536. The van der Waals surface area contributed by atoms with E-state index in [9.17, 15) is 13.2 Å². The lowest BCUT2D eigenvalue weighted by atomic mass is 10.2. The lowest BCUT2D eigenvalue weighted by Crippen LogP contribution is -2.40. The van der Waals surface area contributed by atoms with Gasteiger partial charge in [0.2, 0.25) is 10.0 Å². The number of anilines is 1. The molecule has 1 aliphatic rings. The van der Waals surface area contributed by atoms with Gasteiger partial charge in [0.15, 0.2) is 5.11 Å². The standard InChI is InChI=1S/C20H18ClN3O4S3/c21-17-15-3-1-2-4-16(15)30-18(17)19(25)23-20(29)22-13-5-7-14(8-6-13)31(26,27)24-9-11-28-12-10-24/h1-8H,9-12H2,(H2,22,23,25,29). The van der Waals surface area contributed by atoms with Crippen LogP contribution in [0.4, 0.5) is 5.69 Å². The van der Waals surface area contributed by atoms with Crippen LogP contribution in [0, 0.1) is 0 Å². The molecule has 1 fully saturated rings. The molecule has 1 saturated heterocycles. The van der Waals surface area contributed by atoms with Crippen LogP contribution in [0.25, 0.3) is 10.1 Å². The number of morpholine rings is 1. The van der Waals surface area contributed by atoms with E-state index in [0.717, 1.165) is 10.1 Å². The molecule has 7 nitrogen and oxygen atoms in total. The summed E-state index contributed by atoms with van der Waals surface area (Å²) in [4.78, 5) is 13.1. The van der Waals surface area contributed by atoms with Crippen molar-refractivity contribution in [3.05, 3.63) is 58.4 Å². The summed E-state index contributed by atoms with van der Waals surface area (Å²) in [6.07, 6.45) is 0. The Morgan fingerprint density at radius 2 is 1.77 bits per heavy atom. The summed E-state index contributed by atoms with van der Waals surface area (Å²) in [5.41, 5.74) is 0.550. The van der Waals surface area contributed by atoms with Gasteiger partial charge in [-0.3, -0.25) is 10.1 Å². The predicted molar refractivity (Wildman–Crippen MR) is 127 cm³/mol.